The smallest absolute Gasteiger partial charge is 0.317 e. The molecular formula is C20H28N2O3. The number of carbonyl (C=O) groups is 1. The van der Waals surface area contributed by atoms with E-state index in [0.29, 0.717) is 37.2 Å². The predicted molar refractivity (Wildman–Crippen MR) is 95.1 cm³/mol. The van der Waals surface area contributed by atoms with Gasteiger partial charge >= 0.3 is 6.03 Å². The Kier molecular flexibility index (Phi) is 4.95. The van der Waals surface area contributed by atoms with Gasteiger partial charge in [0.1, 0.15) is 0 Å². The van der Waals surface area contributed by atoms with E-state index in [1.54, 1.807) is 0 Å². The molecule has 3 saturated heterocycles. The number of urea groups is 1. The first-order valence-corrected chi connectivity index (χ1v) is 9.59. The summed E-state index contributed by atoms with van der Waals surface area (Å²) in [7, 11) is 0. The molecule has 1 aromatic rings. The second-order valence-electron chi connectivity index (χ2n) is 7.50. The van der Waals surface area contributed by atoms with Crippen LogP contribution in [0.5, 0.6) is 0 Å². The maximum Gasteiger partial charge on any atom is 0.317 e. The Labute approximate surface area is 149 Å². The highest BCUT2D eigenvalue weighted by atomic mass is 16.5. The molecule has 4 atom stereocenters. The van der Waals surface area contributed by atoms with Crippen LogP contribution in [0.4, 0.5) is 4.79 Å². The highest BCUT2D eigenvalue weighted by Crippen LogP contribution is 2.47. The lowest BCUT2D eigenvalue weighted by Crippen LogP contribution is -2.39. The fourth-order valence-corrected chi connectivity index (χ4v) is 4.61. The van der Waals surface area contributed by atoms with E-state index in [2.05, 4.69) is 24.4 Å². The number of amides is 2. The Morgan fingerprint density at radius 3 is 2.56 bits per heavy atom. The fraction of sp³-hybridized carbons (Fsp3) is 0.650. The van der Waals surface area contributed by atoms with Crippen molar-refractivity contribution in [1.29, 1.82) is 0 Å². The Morgan fingerprint density at radius 2 is 1.88 bits per heavy atom. The van der Waals surface area contributed by atoms with Gasteiger partial charge in [0.25, 0.3) is 0 Å². The van der Waals surface area contributed by atoms with E-state index in [-0.39, 0.29) is 6.03 Å². The highest BCUT2D eigenvalue weighted by Gasteiger charge is 2.53. The van der Waals surface area contributed by atoms with Crippen molar-refractivity contribution in [2.75, 3.05) is 19.7 Å². The zero-order chi connectivity index (χ0) is 17.2. The average molecular weight is 344 g/mol. The minimum Gasteiger partial charge on any atom is -0.377 e. The van der Waals surface area contributed by atoms with Crippen molar-refractivity contribution in [1.82, 2.24) is 10.2 Å². The van der Waals surface area contributed by atoms with Gasteiger partial charge in [0.2, 0.25) is 0 Å². The molecule has 1 aromatic carbocycles. The van der Waals surface area contributed by atoms with Crippen LogP contribution in [0.3, 0.4) is 0 Å². The molecule has 1 N–H and O–H groups in total. The normalized spacial score (nSPS) is 29.9. The van der Waals surface area contributed by atoms with E-state index >= 15 is 0 Å². The molecule has 0 aromatic heterocycles. The van der Waals surface area contributed by atoms with Gasteiger partial charge in [-0.25, -0.2) is 4.79 Å². The second-order valence-corrected chi connectivity index (χ2v) is 7.50. The molecule has 0 aliphatic carbocycles. The van der Waals surface area contributed by atoms with Crippen molar-refractivity contribution in [3.8, 4) is 0 Å². The lowest BCUT2D eigenvalue weighted by Gasteiger charge is -2.20. The molecule has 3 heterocycles. The first-order valence-electron chi connectivity index (χ1n) is 9.59. The molecule has 4 unspecified atom stereocenters. The summed E-state index contributed by atoms with van der Waals surface area (Å²) in [5.74, 6) is 1.11. The zero-order valence-corrected chi connectivity index (χ0v) is 14.9. The summed E-state index contributed by atoms with van der Waals surface area (Å²) < 4.78 is 11.6. The second kappa shape index (κ2) is 7.34. The third kappa shape index (κ3) is 3.40. The van der Waals surface area contributed by atoms with Gasteiger partial charge in [-0.05, 0) is 30.4 Å². The Hall–Kier alpha value is -1.59. The molecule has 3 aliphatic rings. The fourth-order valence-electron chi connectivity index (χ4n) is 4.61. The third-order valence-corrected chi connectivity index (χ3v) is 5.89. The molecule has 25 heavy (non-hydrogen) atoms. The van der Waals surface area contributed by atoms with Crippen molar-refractivity contribution in [3.05, 3.63) is 35.4 Å². The van der Waals surface area contributed by atoms with E-state index in [1.165, 1.54) is 12.8 Å². The molecule has 136 valence electrons. The van der Waals surface area contributed by atoms with Gasteiger partial charge in [-0.1, -0.05) is 31.2 Å². The number of rotatable bonds is 6. The van der Waals surface area contributed by atoms with Crippen LogP contribution in [0.25, 0.3) is 0 Å². The monoisotopic (exact) mass is 344 g/mol. The number of nitrogens with zero attached hydrogens (tertiary/aromatic N) is 1. The van der Waals surface area contributed by atoms with Crippen LogP contribution in [-0.4, -0.2) is 42.8 Å². The lowest BCUT2D eigenvalue weighted by molar-refractivity contribution is 0.0739. The van der Waals surface area contributed by atoms with E-state index in [4.69, 9.17) is 9.47 Å². The first-order chi connectivity index (χ1) is 12.3. The number of carbonyl (C=O) groups excluding carboxylic acids is 1. The number of nitrogens with one attached hydrogen (secondary N) is 1. The van der Waals surface area contributed by atoms with Crippen LogP contribution in [0.1, 0.15) is 37.3 Å². The van der Waals surface area contributed by atoms with Gasteiger partial charge in [-0.15, -0.1) is 0 Å². The summed E-state index contributed by atoms with van der Waals surface area (Å²) in [4.78, 5) is 14.6. The minimum absolute atomic E-state index is 0.0538. The zero-order valence-electron chi connectivity index (χ0n) is 14.9. The van der Waals surface area contributed by atoms with Crippen molar-refractivity contribution < 1.29 is 14.3 Å². The van der Waals surface area contributed by atoms with E-state index in [0.717, 1.165) is 37.2 Å². The molecule has 4 rings (SSSR count). The lowest BCUT2D eigenvalue weighted by atomic mass is 9.82. The molecular weight excluding hydrogens is 316 g/mol. The molecule has 3 aliphatic heterocycles. The molecule has 3 fully saturated rings. The van der Waals surface area contributed by atoms with Gasteiger partial charge in [0.05, 0.1) is 18.8 Å². The summed E-state index contributed by atoms with van der Waals surface area (Å²) in [6, 6.07) is 8.23. The van der Waals surface area contributed by atoms with Crippen molar-refractivity contribution >= 4 is 6.03 Å². The minimum atomic E-state index is 0.0538. The summed E-state index contributed by atoms with van der Waals surface area (Å²) in [6.45, 7) is 5.72. The predicted octanol–water partition coefficient (Wildman–Crippen LogP) is 2.93. The van der Waals surface area contributed by atoms with E-state index in [9.17, 15) is 4.79 Å². The molecule has 0 radical (unpaired) electrons. The van der Waals surface area contributed by atoms with Crippen LogP contribution in [0.15, 0.2) is 24.3 Å². The quantitative estimate of drug-likeness (QED) is 0.807. The van der Waals surface area contributed by atoms with Gasteiger partial charge in [0.15, 0.2) is 0 Å². The standard InChI is InChI=1S/C20H28N2O3/c1-2-9-24-13-15-6-4-3-5-14(15)10-21-20(23)22-11-16-17(12-22)19-8-7-18(16)25-19/h3-6,16-19H,2,7-13H2,1H3,(H,21,23). The molecule has 5 nitrogen and oxygen atoms in total. The molecule has 0 saturated carbocycles. The topological polar surface area (TPSA) is 50.8 Å². The number of hydrogen-bond donors (Lipinski definition) is 1. The van der Waals surface area contributed by atoms with Crippen LogP contribution >= 0.6 is 0 Å². The summed E-state index contributed by atoms with van der Waals surface area (Å²) in [6.07, 6.45) is 4.15. The molecule has 2 bridgehead atoms. The third-order valence-electron chi connectivity index (χ3n) is 5.89. The number of likely N-dealkylation sites (tertiary alicyclic amines) is 1. The van der Waals surface area contributed by atoms with Crippen LogP contribution in [-0.2, 0) is 22.6 Å². The van der Waals surface area contributed by atoms with Crippen LogP contribution in [0, 0.1) is 11.8 Å². The Bertz CT molecular complexity index is 603. The first kappa shape index (κ1) is 16.9. The largest absolute Gasteiger partial charge is 0.377 e. The molecule has 5 heteroatoms. The maximum absolute atomic E-state index is 12.6. The van der Waals surface area contributed by atoms with Gasteiger partial charge in [0, 0.05) is 38.1 Å². The van der Waals surface area contributed by atoms with E-state index in [1.807, 2.05) is 17.0 Å². The summed E-state index contributed by atoms with van der Waals surface area (Å²) >= 11 is 0. The number of fused-ring (bicyclic) bond motifs is 5. The summed E-state index contributed by atoms with van der Waals surface area (Å²) in [5, 5.41) is 3.10. The SMILES string of the molecule is CCCOCc1ccccc1CNC(=O)N1CC2C3CCC(O3)C2C1. The van der Waals surface area contributed by atoms with E-state index < -0.39 is 0 Å². The van der Waals surface area contributed by atoms with Gasteiger partial charge < -0.3 is 19.7 Å². The summed E-state index contributed by atoms with van der Waals surface area (Å²) in [5.41, 5.74) is 2.29. The van der Waals surface area contributed by atoms with Crippen molar-refractivity contribution in [2.24, 2.45) is 11.8 Å². The highest BCUT2D eigenvalue weighted by molar-refractivity contribution is 5.74. The number of benzene rings is 1. The molecule has 2 amide bonds. The van der Waals surface area contributed by atoms with Gasteiger partial charge in [-0.2, -0.15) is 0 Å². The maximum atomic E-state index is 12.6. The Balaban J connectivity index is 1.31. The molecule has 0 spiro atoms. The van der Waals surface area contributed by atoms with Crippen LogP contribution in [0.2, 0.25) is 0 Å². The van der Waals surface area contributed by atoms with Crippen molar-refractivity contribution in [3.63, 3.8) is 0 Å². The average Bonchev–Trinajstić information content (AvgIpc) is 3.33. The van der Waals surface area contributed by atoms with Crippen molar-refractivity contribution in [2.45, 2.75) is 51.5 Å². The Morgan fingerprint density at radius 1 is 1.20 bits per heavy atom. The number of ether oxygens (including phenoxy) is 2. The van der Waals surface area contributed by atoms with Gasteiger partial charge in [-0.3, -0.25) is 0 Å². The number of hydrogen-bond acceptors (Lipinski definition) is 3. The van der Waals surface area contributed by atoms with Crippen LogP contribution < -0.4 is 5.32 Å².